The minimum atomic E-state index is -0.0759. The number of benzene rings is 3. The molecular formula is C25H29N3O2Ti. The maximum atomic E-state index is 12.6. The maximum Gasteiger partial charge on any atom is 2.00 e. The molecule has 0 bridgehead atoms. The molecule has 3 aromatic carbocycles. The van der Waals surface area contributed by atoms with Gasteiger partial charge in [-0.15, -0.1) is 0 Å². The Bertz CT molecular complexity index is 928. The molecule has 31 heavy (non-hydrogen) atoms. The fraction of sp³-hybridized carbons (Fsp3) is 0.200. The van der Waals surface area contributed by atoms with Gasteiger partial charge in [-0.05, 0) is 36.8 Å². The van der Waals surface area contributed by atoms with Gasteiger partial charge in [0.25, 0.3) is 0 Å². The fourth-order valence-electron chi connectivity index (χ4n) is 2.45. The van der Waals surface area contributed by atoms with Gasteiger partial charge in [0.05, 0.1) is 5.69 Å². The van der Waals surface area contributed by atoms with Crippen molar-refractivity contribution in [3.05, 3.63) is 106 Å². The Balaban J connectivity index is 0.00000116. The number of phenols is 1. The fourth-order valence-corrected chi connectivity index (χ4v) is 2.45. The van der Waals surface area contributed by atoms with Crippen LogP contribution in [-0.2, 0) is 21.7 Å². The van der Waals surface area contributed by atoms with Crippen molar-refractivity contribution in [2.45, 2.75) is 6.92 Å². The Morgan fingerprint density at radius 1 is 0.839 bits per heavy atom. The van der Waals surface area contributed by atoms with Crippen LogP contribution in [0.3, 0.4) is 0 Å². The number of hydrogen-bond donors (Lipinski definition) is 1. The van der Waals surface area contributed by atoms with Crippen LogP contribution in [0.2, 0.25) is 0 Å². The number of rotatable bonds is 4. The molecule has 0 fully saturated rings. The average Bonchev–Trinajstić information content (AvgIpc) is 2.76. The molecule has 0 aromatic heterocycles. The summed E-state index contributed by atoms with van der Waals surface area (Å²) in [6.45, 7) is 1.77. The van der Waals surface area contributed by atoms with Crippen molar-refractivity contribution in [3.63, 3.8) is 0 Å². The molecule has 6 heteroatoms. The zero-order chi connectivity index (χ0) is 22.4. The Labute approximate surface area is 200 Å². The van der Waals surface area contributed by atoms with E-state index in [4.69, 9.17) is 0 Å². The Morgan fingerprint density at radius 2 is 1.32 bits per heavy atom. The van der Waals surface area contributed by atoms with Crippen LogP contribution in [0.15, 0.2) is 77.8 Å². The van der Waals surface area contributed by atoms with Crippen LogP contribution >= 0.6 is 0 Å². The molecule has 0 aliphatic rings. The van der Waals surface area contributed by atoms with Crippen LogP contribution in [-0.4, -0.2) is 45.3 Å². The minimum Gasteiger partial charge on any atom is -0.668 e. The van der Waals surface area contributed by atoms with E-state index in [1.807, 2.05) is 48.5 Å². The van der Waals surface area contributed by atoms with Gasteiger partial charge in [0.1, 0.15) is 5.75 Å². The molecule has 0 saturated carbocycles. The zero-order valence-corrected chi connectivity index (χ0v) is 20.3. The minimum absolute atomic E-state index is 0. The van der Waals surface area contributed by atoms with E-state index in [9.17, 15) is 9.90 Å². The molecular weight excluding hydrogens is 422 g/mol. The van der Waals surface area contributed by atoms with Gasteiger partial charge < -0.3 is 15.7 Å². The first-order valence-electron chi connectivity index (χ1n) is 9.46. The molecule has 1 N–H and O–H groups in total. The molecule has 0 saturated heterocycles. The third-order valence-corrected chi connectivity index (χ3v) is 3.74. The molecule has 0 aliphatic heterocycles. The van der Waals surface area contributed by atoms with Crippen LogP contribution in [0.1, 0.15) is 27.0 Å². The summed E-state index contributed by atoms with van der Waals surface area (Å²) in [5.41, 5.74) is 3.11. The van der Waals surface area contributed by atoms with Gasteiger partial charge >= 0.3 is 21.7 Å². The molecule has 5 nitrogen and oxygen atoms in total. The number of carbonyl (C=O) groups is 1. The van der Waals surface area contributed by atoms with E-state index >= 15 is 0 Å². The number of hydrogen-bond acceptors (Lipinski definition) is 3. The first-order chi connectivity index (χ1) is 14.5. The number of phenolic OH excluding ortho intramolecular Hbond substituents is 1. The summed E-state index contributed by atoms with van der Waals surface area (Å²) < 4.78 is 0. The van der Waals surface area contributed by atoms with E-state index in [0.29, 0.717) is 22.3 Å². The first kappa shape index (κ1) is 28.4. The molecule has 160 valence electrons. The topological polar surface area (TPSA) is 77.9 Å². The molecule has 3 aromatic rings. The molecule has 0 unspecified atom stereocenters. The summed E-state index contributed by atoms with van der Waals surface area (Å²) in [6.07, 6.45) is 1.58. The van der Waals surface area contributed by atoms with Gasteiger partial charge in [0, 0.05) is 22.9 Å². The van der Waals surface area contributed by atoms with Crippen LogP contribution < -0.4 is 0 Å². The number of aryl methyl sites for hydroxylation is 1. The summed E-state index contributed by atoms with van der Waals surface area (Å²) in [5, 5.41) is 17.2. The van der Waals surface area contributed by atoms with E-state index in [0.717, 1.165) is 5.69 Å². The number of nitrogens with zero attached hydrogens (tertiary/aromatic N) is 3. The van der Waals surface area contributed by atoms with Crippen molar-refractivity contribution in [3.8, 4) is 5.75 Å². The average molecular weight is 451 g/mol. The number of aromatic hydroxyl groups is 1. The molecule has 0 atom stereocenters. The number of aliphatic imine (C=N–C) groups is 1. The number of para-hydroxylation sites is 1. The van der Waals surface area contributed by atoms with E-state index < -0.39 is 0 Å². The summed E-state index contributed by atoms with van der Waals surface area (Å²) in [6, 6.07) is 21.9. The van der Waals surface area contributed by atoms with E-state index in [-0.39, 0.29) is 33.3 Å². The van der Waals surface area contributed by atoms with E-state index in [1.54, 1.807) is 65.6 Å². The van der Waals surface area contributed by atoms with Gasteiger partial charge in [-0.25, -0.2) is 0 Å². The molecule has 0 aliphatic carbocycles. The predicted molar refractivity (Wildman–Crippen MR) is 127 cm³/mol. The number of ketones is 1. The third kappa shape index (κ3) is 9.86. The monoisotopic (exact) mass is 451 g/mol. The van der Waals surface area contributed by atoms with Crippen LogP contribution in [0.5, 0.6) is 5.75 Å². The van der Waals surface area contributed by atoms with Crippen LogP contribution in [0, 0.1) is 6.92 Å². The quantitative estimate of drug-likeness (QED) is 0.304. The number of carbonyl (C=O) groups excluding carboxylic acids is 1. The normalized spacial score (nSPS) is 9.58. The van der Waals surface area contributed by atoms with Crippen molar-refractivity contribution in [2.24, 2.45) is 4.99 Å². The molecule has 3 rings (SSSR count). The van der Waals surface area contributed by atoms with Gasteiger partial charge in [0.15, 0.2) is 5.78 Å². The van der Waals surface area contributed by atoms with E-state index in [2.05, 4.69) is 15.6 Å². The third-order valence-electron chi connectivity index (χ3n) is 3.74. The summed E-state index contributed by atoms with van der Waals surface area (Å²) in [7, 11) is 7.00. The van der Waals surface area contributed by atoms with Crippen LogP contribution in [0.4, 0.5) is 5.69 Å². The largest absolute Gasteiger partial charge is 2.00 e. The second-order valence-corrected chi connectivity index (χ2v) is 6.41. The molecule has 0 amide bonds. The molecule has 0 radical (unpaired) electrons. The molecule has 0 spiro atoms. The van der Waals surface area contributed by atoms with Crippen molar-refractivity contribution in [2.75, 3.05) is 28.2 Å². The van der Waals surface area contributed by atoms with Crippen molar-refractivity contribution in [1.29, 1.82) is 0 Å². The van der Waals surface area contributed by atoms with Crippen molar-refractivity contribution < 1.29 is 31.6 Å². The second kappa shape index (κ2) is 16.2. The standard InChI is InChI=1S/C21H17NO2.2C2H6N.Ti/c1-15-12-17(21(24)16-8-4-2-5-9-16)13-18(20(15)23)14-22-19-10-6-3-7-11-19;2*1-3-2;/h2-14,23H,1H3;2*1-2H3;/q;2*-1;+2. The van der Waals surface area contributed by atoms with E-state index in [1.165, 1.54) is 0 Å². The SMILES string of the molecule is C[N-]C.C[N-]C.Cc1cc(C(=O)c2ccccc2)cc(C=Nc2ccccc2)c1O.[Ti+2]. The second-order valence-electron chi connectivity index (χ2n) is 6.41. The van der Waals surface area contributed by atoms with Gasteiger partial charge in [-0.2, -0.15) is 28.2 Å². The van der Waals surface area contributed by atoms with Crippen LogP contribution in [0.25, 0.3) is 10.6 Å². The summed E-state index contributed by atoms with van der Waals surface area (Å²) in [4.78, 5) is 17.0. The maximum absolute atomic E-state index is 12.6. The smallest absolute Gasteiger partial charge is 0.668 e. The first-order valence-corrected chi connectivity index (χ1v) is 9.46. The Morgan fingerprint density at radius 3 is 1.84 bits per heavy atom. The van der Waals surface area contributed by atoms with Gasteiger partial charge in [-0.1, -0.05) is 48.5 Å². The summed E-state index contributed by atoms with van der Waals surface area (Å²) >= 11 is 0. The predicted octanol–water partition coefficient (Wildman–Crippen LogP) is 5.92. The van der Waals surface area contributed by atoms with Gasteiger partial charge in [-0.3, -0.25) is 9.79 Å². The molecule has 0 heterocycles. The van der Waals surface area contributed by atoms with Crippen molar-refractivity contribution >= 4 is 17.7 Å². The Kier molecular flexibility index (Phi) is 14.8. The van der Waals surface area contributed by atoms with Crippen molar-refractivity contribution in [1.82, 2.24) is 0 Å². The Hall–Kier alpha value is -2.57. The zero-order valence-electron chi connectivity index (χ0n) is 18.7. The van der Waals surface area contributed by atoms with Gasteiger partial charge in [0.2, 0.25) is 0 Å². The summed E-state index contributed by atoms with van der Waals surface area (Å²) in [5.74, 6) is 0.0624.